The van der Waals surface area contributed by atoms with E-state index in [1.165, 1.54) is 18.0 Å². The molecular weight excluding hydrogens is 344 g/mol. The number of benzene rings is 1. The van der Waals surface area contributed by atoms with Crippen molar-refractivity contribution < 1.29 is 9.90 Å². The maximum absolute atomic E-state index is 12.3. The fraction of sp³-hybridized carbons (Fsp3) is 0.450. The predicted molar refractivity (Wildman–Crippen MR) is 104 cm³/mol. The number of piperidine rings is 1. The number of carboxylic acid groups (broad SMARTS) is 1. The Morgan fingerprint density at radius 1 is 1.22 bits per heavy atom. The summed E-state index contributed by atoms with van der Waals surface area (Å²) in [6.07, 6.45) is 6.99. The lowest BCUT2D eigenvalue weighted by Crippen LogP contribution is -2.41. The number of carbonyl (C=O) groups is 1. The SMILES string of the molecule is O=C(O)Cn1ccnc(NC2CCN(CCCc3ccccc3)CC2)c1=O. The van der Waals surface area contributed by atoms with E-state index in [-0.39, 0.29) is 24.0 Å². The lowest BCUT2D eigenvalue weighted by atomic mass is 10.0. The summed E-state index contributed by atoms with van der Waals surface area (Å²) >= 11 is 0. The number of aryl methyl sites for hydroxylation is 1. The fourth-order valence-corrected chi connectivity index (χ4v) is 3.46. The van der Waals surface area contributed by atoms with Gasteiger partial charge < -0.3 is 15.3 Å². The smallest absolute Gasteiger partial charge is 0.323 e. The van der Waals surface area contributed by atoms with E-state index >= 15 is 0 Å². The molecule has 0 aliphatic carbocycles. The van der Waals surface area contributed by atoms with Gasteiger partial charge in [-0.05, 0) is 37.8 Å². The molecule has 1 aliphatic heterocycles. The summed E-state index contributed by atoms with van der Waals surface area (Å²) in [7, 11) is 0. The van der Waals surface area contributed by atoms with Crippen LogP contribution in [-0.4, -0.2) is 51.2 Å². The molecule has 2 heterocycles. The molecule has 1 aromatic carbocycles. The largest absolute Gasteiger partial charge is 0.480 e. The van der Waals surface area contributed by atoms with Crippen LogP contribution in [0.15, 0.2) is 47.5 Å². The van der Waals surface area contributed by atoms with Crippen LogP contribution < -0.4 is 10.9 Å². The second-order valence-corrected chi connectivity index (χ2v) is 6.95. The van der Waals surface area contributed by atoms with E-state index < -0.39 is 5.97 Å². The number of aliphatic carboxylic acids is 1. The van der Waals surface area contributed by atoms with Gasteiger partial charge in [0.15, 0.2) is 5.82 Å². The Balaban J connectivity index is 1.44. The summed E-state index contributed by atoms with van der Waals surface area (Å²) in [6.45, 7) is 2.71. The van der Waals surface area contributed by atoms with Crippen LogP contribution in [-0.2, 0) is 17.8 Å². The van der Waals surface area contributed by atoms with Gasteiger partial charge >= 0.3 is 5.97 Å². The molecule has 1 fully saturated rings. The molecule has 3 rings (SSSR count). The third-order valence-electron chi connectivity index (χ3n) is 4.93. The van der Waals surface area contributed by atoms with Crippen LogP contribution >= 0.6 is 0 Å². The third kappa shape index (κ3) is 5.65. The number of nitrogens with zero attached hydrogens (tertiary/aromatic N) is 3. The number of hydrogen-bond donors (Lipinski definition) is 2. The van der Waals surface area contributed by atoms with Crippen molar-refractivity contribution in [1.29, 1.82) is 0 Å². The van der Waals surface area contributed by atoms with Gasteiger partial charge in [0, 0.05) is 31.5 Å². The Hall–Kier alpha value is -2.67. The molecule has 144 valence electrons. The van der Waals surface area contributed by atoms with E-state index in [0.29, 0.717) is 0 Å². The average molecular weight is 370 g/mol. The molecule has 0 amide bonds. The van der Waals surface area contributed by atoms with Crippen LogP contribution in [0.3, 0.4) is 0 Å². The van der Waals surface area contributed by atoms with Crippen molar-refractivity contribution in [2.75, 3.05) is 25.0 Å². The first-order valence-corrected chi connectivity index (χ1v) is 9.42. The molecule has 7 nitrogen and oxygen atoms in total. The Kier molecular flexibility index (Phi) is 6.59. The van der Waals surface area contributed by atoms with E-state index in [1.54, 1.807) is 0 Å². The van der Waals surface area contributed by atoms with E-state index in [2.05, 4.69) is 39.5 Å². The lowest BCUT2D eigenvalue weighted by molar-refractivity contribution is -0.137. The fourth-order valence-electron chi connectivity index (χ4n) is 3.46. The Bertz CT molecular complexity index is 798. The van der Waals surface area contributed by atoms with E-state index in [9.17, 15) is 9.59 Å². The van der Waals surface area contributed by atoms with Crippen molar-refractivity contribution in [2.24, 2.45) is 0 Å². The molecule has 2 N–H and O–H groups in total. The summed E-state index contributed by atoms with van der Waals surface area (Å²) in [5.74, 6) is -0.806. The number of rotatable bonds is 8. The van der Waals surface area contributed by atoms with Crippen molar-refractivity contribution in [1.82, 2.24) is 14.5 Å². The predicted octanol–water partition coefficient (Wildman–Crippen LogP) is 1.84. The van der Waals surface area contributed by atoms with Crippen molar-refractivity contribution in [3.8, 4) is 0 Å². The summed E-state index contributed by atoms with van der Waals surface area (Å²) in [4.78, 5) is 29.7. The Labute approximate surface area is 158 Å². The molecule has 7 heteroatoms. The maximum atomic E-state index is 12.3. The number of anilines is 1. The number of hydrogen-bond acceptors (Lipinski definition) is 5. The highest BCUT2D eigenvalue weighted by Gasteiger charge is 2.20. The molecule has 0 saturated carbocycles. The topological polar surface area (TPSA) is 87.5 Å². The number of likely N-dealkylation sites (tertiary alicyclic amines) is 1. The van der Waals surface area contributed by atoms with Crippen LogP contribution in [0.2, 0.25) is 0 Å². The van der Waals surface area contributed by atoms with Crippen LogP contribution in [0.25, 0.3) is 0 Å². The van der Waals surface area contributed by atoms with Crippen molar-refractivity contribution in [3.05, 3.63) is 58.6 Å². The molecule has 27 heavy (non-hydrogen) atoms. The van der Waals surface area contributed by atoms with Gasteiger partial charge in [0.1, 0.15) is 6.54 Å². The second kappa shape index (κ2) is 9.32. The van der Waals surface area contributed by atoms with Gasteiger partial charge in [-0.25, -0.2) is 4.98 Å². The first-order chi connectivity index (χ1) is 13.1. The van der Waals surface area contributed by atoms with Gasteiger partial charge in [0.25, 0.3) is 5.56 Å². The Morgan fingerprint density at radius 2 is 1.96 bits per heavy atom. The summed E-state index contributed by atoms with van der Waals surface area (Å²) in [5.41, 5.74) is 0.993. The van der Waals surface area contributed by atoms with Gasteiger partial charge in [-0.2, -0.15) is 0 Å². The normalized spacial score (nSPS) is 15.6. The van der Waals surface area contributed by atoms with Gasteiger partial charge in [0.05, 0.1) is 0 Å². The zero-order chi connectivity index (χ0) is 19.1. The van der Waals surface area contributed by atoms with Crippen molar-refractivity contribution >= 4 is 11.8 Å². The third-order valence-corrected chi connectivity index (χ3v) is 4.93. The Morgan fingerprint density at radius 3 is 2.67 bits per heavy atom. The maximum Gasteiger partial charge on any atom is 0.323 e. The zero-order valence-corrected chi connectivity index (χ0v) is 15.4. The van der Waals surface area contributed by atoms with Crippen LogP contribution in [0.4, 0.5) is 5.82 Å². The summed E-state index contributed by atoms with van der Waals surface area (Å²) < 4.78 is 1.16. The summed E-state index contributed by atoms with van der Waals surface area (Å²) in [6, 6.07) is 10.7. The van der Waals surface area contributed by atoms with Crippen molar-refractivity contribution in [3.63, 3.8) is 0 Å². The zero-order valence-electron chi connectivity index (χ0n) is 15.4. The van der Waals surface area contributed by atoms with E-state index in [4.69, 9.17) is 5.11 Å². The van der Waals surface area contributed by atoms with Gasteiger partial charge in [-0.15, -0.1) is 0 Å². The molecule has 1 aromatic heterocycles. The van der Waals surface area contributed by atoms with E-state index in [0.717, 1.165) is 49.9 Å². The molecule has 0 unspecified atom stereocenters. The molecule has 2 aromatic rings. The number of nitrogens with one attached hydrogen (secondary N) is 1. The van der Waals surface area contributed by atoms with Gasteiger partial charge in [0.2, 0.25) is 0 Å². The van der Waals surface area contributed by atoms with Crippen molar-refractivity contribution in [2.45, 2.75) is 38.3 Å². The first kappa shape index (κ1) is 19.1. The van der Waals surface area contributed by atoms with Gasteiger partial charge in [-0.1, -0.05) is 30.3 Å². The molecule has 0 radical (unpaired) electrons. The summed E-state index contributed by atoms with van der Waals surface area (Å²) in [5, 5.41) is 12.1. The minimum Gasteiger partial charge on any atom is -0.480 e. The molecule has 1 saturated heterocycles. The van der Waals surface area contributed by atoms with Crippen LogP contribution in [0.5, 0.6) is 0 Å². The highest BCUT2D eigenvalue weighted by Crippen LogP contribution is 2.14. The highest BCUT2D eigenvalue weighted by atomic mass is 16.4. The number of aromatic nitrogens is 2. The highest BCUT2D eigenvalue weighted by molar-refractivity contribution is 5.66. The minimum absolute atomic E-state index is 0.191. The lowest BCUT2D eigenvalue weighted by Gasteiger charge is -2.32. The van der Waals surface area contributed by atoms with Crippen LogP contribution in [0.1, 0.15) is 24.8 Å². The molecular formula is C20H26N4O3. The quantitative estimate of drug-likeness (QED) is 0.737. The van der Waals surface area contributed by atoms with Gasteiger partial charge in [-0.3, -0.25) is 14.2 Å². The monoisotopic (exact) mass is 370 g/mol. The standard InChI is InChI=1S/C20H26N4O3/c25-18(26)15-24-14-10-21-19(20(24)27)22-17-8-12-23(13-9-17)11-4-7-16-5-2-1-3-6-16/h1-3,5-6,10,14,17H,4,7-9,11-13,15H2,(H,21,22)(H,25,26). The molecule has 1 aliphatic rings. The molecule has 0 bridgehead atoms. The van der Waals surface area contributed by atoms with E-state index in [1.807, 2.05) is 6.07 Å². The first-order valence-electron chi connectivity index (χ1n) is 9.42. The molecule has 0 spiro atoms. The average Bonchev–Trinajstić information content (AvgIpc) is 2.67. The molecule has 0 atom stereocenters. The number of carboxylic acids is 1. The minimum atomic E-state index is -1.04. The second-order valence-electron chi connectivity index (χ2n) is 6.95. The van der Waals surface area contributed by atoms with Crippen LogP contribution in [0, 0.1) is 0 Å².